The third kappa shape index (κ3) is 4.79. The molecule has 4 heterocycles. The van der Waals surface area contributed by atoms with Crippen LogP contribution in [-0.4, -0.2) is 92.2 Å². The molecular weight excluding hydrogens is 536 g/mol. The highest BCUT2D eigenvalue weighted by Gasteiger charge is 2.66. The Hall–Kier alpha value is -3.00. The summed E-state index contributed by atoms with van der Waals surface area (Å²) in [5, 5.41) is 5.82. The van der Waals surface area contributed by atoms with Crippen LogP contribution in [0, 0.1) is 12.8 Å². The van der Waals surface area contributed by atoms with Crippen LogP contribution in [0.5, 0.6) is 0 Å². The zero-order valence-electron chi connectivity index (χ0n) is 22.0. The number of methoxy groups -OCH3 is 1. The number of aryl methyl sites for hydroxylation is 1. The molecule has 0 bridgehead atoms. The molecule has 38 heavy (non-hydrogen) atoms. The van der Waals surface area contributed by atoms with Gasteiger partial charge in [0.25, 0.3) is 0 Å². The number of carbonyl (C=O) groups excluding carboxylic acids is 5. The Balaban J connectivity index is 1.57. The van der Waals surface area contributed by atoms with Gasteiger partial charge in [0.2, 0.25) is 10.8 Å². The van der Waals surface area contributed by atoms with Crippen molar-refractivity contribution in [3.05, 3.63) is 16.1 Å². The molecule has 0 radical (unpaired) electrons. The number of thioether (sulfide) groups is 1. The maximum atomic E-state index is 13.4. The van der Waals surface area contributed by atoms with Gasteiger partial charge in [-0.3, -0.25) is 19.3 Å². The molecule has 0 aromatic carbocycles. The summed E-state index contributed by atoms with van der Waals surface area (Å²) in [7, 11) is 1.23. The van der Waals surface area contributed by atoms with E-state index < -0.39 is 39.6 Å². The van der Waals surface area contributed by atoms with E-state index in [4.69, 9.17) is 14.3 Å². The number of ketones is 2. The van der Waals surface area contributed by atoms with E-state index in [1.54, 1.807) is 12.3 Å². The van der Waals surface area contributed by atoms with E-state index in [1.807, 2.05) is 6.92 Å². The fraction of sp³-hybridized carbons (Fsp3) is 0.625. The first-order chi connectivity index (χ1) is 17.8. The number of cyclic esters (lactones) is 1. The fourth-order valence-corrected chi connectivity index (χ4v) is 6.71. The highest BCUT2D eigenvalue weighted by molar-refractivity contribution is 8.02. The highest BCUT2D eigenvalue weighted by atomic mass is 32.2. The minimum atomic E-state index is -1.47. The number of amides is 2. The van der Waals surface area contributed by atoms with E-state index in [1.165, 1.54) is 49.0 Å². The van der Waals surface area contributed by atoms with Gasteiger partial charge in [-0.1, -0.05) is 23.8 Å². The Morgan fingerprint density at radius 3 is 2.58 bits per heavy atom. The van der Waals surface area contributed by atoms with E-state index in [2.05, 4.69) is 10.1 Å². The third-order valence-corrected chi connectivity index (χ3v) is 9.47. The Bertz CT molecular complexity index is 1210. The molecular formula is C24H30N4O8S2. The molecule has 2 unspecified atom stereocenters. The van der Waals surface area contributed by atoms with E-state index in [0.717, 1.165) is 11.8 Å². The number of ether oxygens (including phenoxy) is 2. The number of oxime groups is 1. The second-order valence-electron chi connectivity index (χ2n) is 9.86. The van der Waals surface area contributed by atoms with Gasteiger partial charge in [0, 0.05) is 11.8 Å². The summed E-state index contributed by atoms with van der Waals surface area (Å²) in [4.78, 5) is 75.1. The number of β-lactam (4-membered cyclic amide) rings is 1. The first-order valence-electron chi connectivity index (χ1n) is 12.1. The Labute approximate surface area is 228 Å². The minimum Gasteiger partial charge on any atom is -0.467 e. The van der Waals surface area contributed by atoms with E-state index in [-0.39, 0.29) is 48.7 Å². The van der Waals surface area contributed by atoms with Crippen molar-refractivity contribution in [2.75, 3.05) is 20.2 Å². The van der Waals surface area contributed by atoms with Gasteiger partial charge in [0.05, 0.1) is 36.5 Å². The molecule has 4 rings (SSSR count). The van der Waals surface area contributed by atoms with Gasteiger partial charge in [-0.05, 0) is 34.1 Å². The van der Waals surface area contributed by atoms with Crippen molar-refractivity contribution in [3.63, 3.8) is 0 Å². The van der Waals surface area contributed by atoms with Crippen molar-refractivity contribution >= 4 is 58.3 Å². The van der Waals surface area contributed by atoms with Gasteiger partial charge in [-0.15, -0.1) is 11.3 Å². The number of hydrogen-bond donors (Lipinski definition) is 0. The van der Waals surface area contributed by atoms with Crippen LogP contribution in [0.15, 0.2) is 10.5 Å². The molecule has 1 aromatic heterocycles. The van der Waals surface area contributed by atoms with Crippen LogP contribution in [0.2, 0.25) is 0 Å². The van der Waals surface area contributed by atoms with Crippen molar-refractivity contribution in [2.45, 2.75) is 69.4 Å². The first-order valence-corrected chi connectivity index (χ1v) is 13.9. The van der Waals surface area contributed by atoms with Crippen LogP contribution in [-0.2, 0) is 33.5 Å². The predicted octanol–water partition coefficient (Wildman–Crippen LogP) is 2.13. The summed E-state index contributed by atoms with van der Waals surface area (Å²) in [5.74, 6) is -2.51. The zero-order chi connectivity index (χ0) is 28.0. The van der Waals surface area contributed by atoms with Crippen LogP contribution in [0.1, 0.15) is 51.2 Å². The number of carbonyl (C=O) groups is 5. The molecule has 4 atom stereocenters. The SMILES string of the molecule is CCC1CN([C@]2(C(=O)OC)CN3C(=O)[C@@H](CC(=O)/C(=N\OC(C)(C)C(C)=O)c4csc(C)n4)C3S2)C(=O)O1. The number of aromatic nitrogens is 1. The predicted molar refractivity (Wildman–Crippen MR) is 137 cm³/mol. The molecule has 0 aliphatic carbocycles. The molecule has 206 valence electrons. The van der Waals surface area contributed by atoms with Crippen molar-refractivity contribution in [1.29, 1.82) is 0 Å². The lowest BCUT2D eigenvalue weighted by molar-refractivity contribution is -0.155. The van der Waals surface area contributed by atoms with Gasteiger partial charge in [0.15, 0.2) is 22.9 Å². The summed E-state index contributed by atoms with van der Waals surface area (Å²) < 4.78 is 10.4. The lowest BCUT2D eigenvalue weighted by Gasteiger charge is -2.40. The molecule has 3 aliphatic heterocycles. The van der Waals surface area contributed by atoms with Gasteiger partial charge < -0.3 is 19.2 Å². The normalized spacial score (nSPS) is 27.1. The maximum Gasteiger partial charge on any atom is 0.411 e. The minimum absolute atomic E-state index is 0.0633. The number of rotatable bonds is 10. The van der Waals surface area contributed by atoms with Crippen LogP contribution in [0.4, 0.5) is 4.79 Å². The summed E-state index contributed by atoms with van der Waals surface area (Å²) in [6.45, 7) is 8.21. The third-order valence-electron chi connectivity index (χ3n) is 6.97. The number of Topliss-reactive ketones (excluding diaryl/α,β-unsaturated/α-hetero) is 2. The topological polar surface area (TPSA) is 145 Å². The number of hydrogen-bond acceptors (Lipinski definition) is 12. The summed E-state index contributed by atoms with van der Waals surface area (Å²) in [5.41, 5.74) is -1.07. The Morgan fingerprint density at radius 2 is 2.03 bits per heavy atom. The summed E-state index contributed by atoms with van der Waals surface area (Å²) in [6, 6.07) is 0. The average molecular weight is 567 g/mol. The van der Waals surface area contributed by atoms with E-state index >= 15 is 0 Å². The first kappa shape index (κ1) is 28.0. The molecule has 0 spiro atoms. The van der Waals surface area contributed by atoms with Crippen molar-refractivity contribution in [2.24, 2.45) is 11.1 Å². The lowest BCUT2D eigenvalue weighted by Crippen LogP contribution is -2.59. The van der Waals surface area contributed by atoms with Gasteiger partial charge >= 0.3 is 12.1 Å². The van der Waals surface area contributed by atoms with Gasteiger partial charge in [0.1, 0.15) is 11.8 Å². The number of esters is 1. The zero-order valence-corrected chi connectivity index (χ0v) is 23.6. The summed E-state index contributed by atoms with van der Waals surface area (Å²) in [6.07, 6.45) is -0.652. The van der Waals surface area contributed by atoms with Crippen LogP contribution < -0.4 is 0 Å². The maximum absolute atomic E-state index is 13.4. The second kappa shape index (κ2) is 10.3. The molecule has 3 fully saturated rings. The van der Waals surface area contributed by atoms with Crippen LogP contribution in [0.3, 0.4) is 0 Å². The lowest BCUT2D eigenvalue weighted by atomic mass is 9.90. The second-order valence-corrected chi connectivity index (χ2v) is 12.3. The molecule has 1 aromatic rings. The molecule has 3 aliphatic rings. The molecule has 0 N–H and O–H groups in total. The Kier molecular flexibility index (Phi) is 7.58. The smallest absolute Gasteiger partial charge is 0.411 e. The van der Waals surface area contributed by atoms with Crippen molar-refractivity contribution in [3.8, 4) is 0 Å². The van der Waals surface area contributed by atoms with E-state index in [0.29, 0.717) is 11.4 Å². The Morgan fingerprint density at radius 1 is 1.32 bits per heavy atom. The van der Waals surface area contributed by atoms with Gasteiger partial charge in [-0.25, -0.2) is 14.6 Å². The molecule has 14 heteroatoms. The number of fused-ring (bicyclic) bond motifs is 1. The van der Waals surface area contributed by atoms with Crippen LogP contribution >= 0.6 is 23.1 Å². The molecule has 3 saturated heterocycles. The highest BCUT2D eigenvalue weighted by Crippen LogP contribution is 2.53. The summed E-state index contributed by atoms with van der Waals surface area (Å²) >= 11 is 2.43. The molecule has 0 saturated carbocycles. The van der Waals surface area contributed by atoms with E-state index in [9.17, 15) is 24.0 Å². The average Bonchev–Trinajstić information content (AvgIpc) is 3.57. The quantitative estimate of drug-likeness (QED) is 0.179. The number of nitrogens with zero attached hydrogens (tertiary/aromatic N) is 4. The van der Waals surface area contributed by atoms with Crippen molar-refractivity contribution < 1.29 is 38.3 Å². The van der Waals surface area contributed by atoms with Crippen LogP contribution in [0.25, 0.3) is 0 Å². The monoisotopic (exact) mass is 566 g/mol. The molecule has 2 amide bonds. The molecule has 12 nitrogen and oxygen atoms in total. The largest absolute Gasteiger partial charge is 0.467 e. The van der Waals surface area contributed by atoms with Crippen molar-refractivity contribution in [1.82, 2.24) is 14.8 Å². The standard InChI is InChI=1S/C24H30N4O8S2/c1-7-14-9-28(22(33)35-14)24(21(32)34-6)11-27-19(31)15(20(27)38-24)8-17(30)18(16-10-37-13(3)25-16)26-36-23(4,5)12(2)29/h10,14-15,20H,7-9,11H2,1-6H3/b26-18-/t14?,15-,20?,24-/m1/s1. The van der Waals surface area contributed by atoms with Gasteiger partial charge in [-0.2, -0.15) is 0 Å². The fourth-order valence-electron chi connectivity index (χ4n) is 4.36. The number of thiazole rings is 1.